The number of hydrogen-bond donors (Lipinski definition) is 1. The first-order valence-corrected chi connectivity index (χ1v) is 6.43. The molecule has 1 heterocycles. The van der Waals surface area contributed by atoms with Crippen molar-refractivity contribution in [1.29, 1.82) is 0 Å². The van der Waals surface area contributed by atoms with Gasteiger partial charge in [0.15, 0.2) is 5.13 Å². The summed E-state index contributed by atoms with van der Waals surface area (Å²) in [6.07, 6.45) is 4.01. The van der Waals surface area contributed by atoms with E-state index in [1.807, 2.05) is 0 Å². The molecular weight excluding hydrogens is 223 g/mol. The molecule has 0 aliphatic heterocycles. The van der Waals surface area contributed by atoms with E-state index in [1.54, 1.807) is 17.4 Å². The van der Waals surface area contributed by atoms with Gasteiger partial charge in [-0.2, -0.15) is 0 Å². The summed E-state index contributed by atoms with van der Waals surface area (Å²) in [5, 5.41) is 4.25. The van der Waals surface area contributed by atoms with Crippen molar-refractivity contribution in [3.63, 3.8) is 0 Å². The molecule has 2 nitrogen and oxygen atoms in total. The third-order valence-electron chi connectivity index (χ3n) is 3.12. The lowest BCUT2D eigenvalue weighted by molar-refractivity contribution is 0.333. The van der Waals surface area contributed by atoms with Gasteiger partial charge in [-0.05, 0) is 30.9 Å². The summed E-state index contributed by atoms with van der Waals surface area (Å²) in [6, 6.07) is 4.76. The van der Waals surface area contributed by atoms with E-state index >= 15 is 0 Å². The van der Waals surface area contributed by atoms with Crippen LogP contribution in [0.3, 0.4) is 0 Å². The van der Waals surface area contributed by atoms with E-state index in [9.17, 15) is 4.39 Å². The van der Waals surface area contributed by atoms with Crippen LogP contribution in [-0.2, 0) is 0 Å². The van der Waals surface area contributed by atoms with Gasteiger partial charge in [0.2, 0.25) is 0 Å². The molecule has 1 aliphatic rings. The lowest BCUT2D eigenvalue weighted by Gasteiger charge is -2.25. The molecule has 0 amide bonds. The number of hydrogen-bond acceptors (Lipinski definition) is 3. The molecule has 1 aliphatic carbocycles. The molecule has 1 fully saturated rings. The Labute approximate surface area is 97.5 Å². The molecule has 2 aromatic rings. The highest BCUT2D eigenvalue weighted by molar-refractivity contribution is 7.22. The molecule has 1 saturated carbocycles. The first-order chi connectivity index (χ1) is 7.81. The van der Waals surface area contributed by atoms with E-state index < -0.39 is 0 Å². The largest absolute Gasteiger partial charge is 0.361 e. The number of aromatic nitrogens is 1. The lowest BCUT2D eigenvalue weighted by Crippen LogP contribution is -2.20. The van der Waals surface area contributed by atoms with Crippen molar-refractivity contribution < 1.29 is 4.39 Å². The van der Waals surface area contributed by atoms with E-state index in [-0.39, 0.29) is 5.82 Å². The van der Waals surface area contributed by atoms with Gasteiger partial charge in [-0.25, -0.2) is 9.37 Å². The van der Waals surface area contributed by atoms with E-state index in [4.69, 9.17) is 0 Å². The summed E-state index contributed by atoms with van der Waals surface area (Å²) in [6.45, 7) is 1.00. The number of halogens is 1. The minimum absolute atomic E-state index is 0.219. The molecule has 1 N–H and O–H groups in total. The molecule has 4 heteroatoms. The third-order valence-corrected chi connectivity index (χ3v) is 4.11. The van der Waals surface area contributed by atoms with Crippen LogP contribution in [0.2, 0.25) is 0 Å². The molecule has 3 rings (SSSR count). The van der Waals surface area contributed by atoms with Crippen LogP contribution in [0.25, 0.3) is 10.2 Å². The zero-order valence-corrected chi connectivity index (χ0v) is 9.69. The quantitative estimate of drug-likeness (QED) is 0.880. The van der Waals surface area contributed by atoms with E-state index in [0.717, 1.165) is 27.8 Å². The van der Waals surface area contributed by atoms with E-state index in [0.29, 0.717) is 0 Å². The topological polar surface area (TPSA) is 24.9 Å². The molecule has 0 bridgehead atoms. The second-order valence-electron chi connectivity index (χ2n) is 4.31. The number of nitrogens with zero attached hydrogens (tertiary/aromatic N) is 1. The number of fused-ring (bicyclic) bond motifs is 1. The van der Waals surface area contributed by atoms with Crippen molar-refractivity contribution in [3.8, 4) is 0 Å². The van der Waals surface area contributed by atoms with Gasteiger partial charge in [0, 0.05) is 12.6 Å². The van der Waals surface area contributed by atoms with Crippen molar-refractivity contribution >= 4 is 26.7 Å². The molecule has 1 aromatic carbocycles. The van der Waals surface area contributed by atoms with Gasteiger partial charge in [0.05, 0.1) is 10.2 Å². The van der Waals surface area contributed by atoms with Crippen LogP contribution >= 0.6 is 11.3 Å². The van der Waals surface area contributed by atoms with Gasteiger partial charge in [0.1, 0.15) is 5.82 Å². The van der Waals surface area contributed by atoms with Gasteiger partial charge in [0.25, 0.3) is 0 Å². The Morgan fingerprint density at radius 1 is 1.44 bits per heavy atom. The average molecular weight is 236 g/mol. The number of anilines is 1. The zero-order chi connectivity index (χ0) is 11.0. The Balaban J connectivity index is 1.76. The second kappa shape index (κ2) is 4.01. The molecule has 0 radical (unpaired) electrons. The molecule has 0 unspecified atom stereocenters. The van der Waals surface area contributed by atoms with Crippen LogP contribution in [0.1, 0.15) is 19.3 Å². The summed E-state index contributed by atoms with van der Waals surface area (Å²) >= 11 is 1.59. The maximum absolute atomic E-state index is 13.0. The Kier molecular flexibility index (Phi) is 2.52. The fourth-order valence-corrected chi connectivity index (χ4v) is 2.76. The minimum atomic E-state index is -0.219. The standard InChI is InChI=1S/C12H13FN2S/c13-9-4-5-11-10(6-9)15-12(16-11)14-7-8-2-1-3-8/h4-6,8H,1-3,7H2,(H,14,15). The lowest BCUT2D eigenvalue weighted by atomic mass is 9.86. The maximum atomic E-state index is 13.0. The normalized spacial score (nSPS) is 16.3. The number of nitrogens with one attached hydrogen (secondary N) is 1. The maximum Gasteiger partial charge on any atom is 0.183 e. The third kappa shape index (κ3) is 1.89. The van der Waals surface area contributed by atoms with Gasteiger partial charge in [-0.1, -0.05) is 17.8 Å². The first-order valence-electron chi connectivity index (χ1n) is 5.61. The predicted molar refractivity (Wildman–Crippen MR) is 65.4 cm³/mol. The molecule has 16 heavy (non-hydrogen) atoms. The highest BCUT2D eigenvalue weighted by atomic mass is 32.1. The molecule has 84 valence electrons. The molecule has 0 spiro atoms. The van der Waals surface area contributed by atoms with Crippen LogP contribution < -0.4 is 5.32 Å². The Morgan fingerprint density at radius 3 is 3.06 bits per heavy atom. The van der Waals surface area contributed by atoms with Gasteiger partial charge in [-0.3, -0.25) is 0 Å². The Bertz CT molecular complexity index is 505. The van der Waals surface area contributed by atoms with Gasteiger partial charge in [-0.15, -0.1) is 0 Å². The van der Waals surface area contributed by atoms with Crippen molar-refractivity contribution in [3.05, 3.63) is 24.0 Å². The smallest absolute Gasteiger partial charge is 0.183 e. The summed E-state index contributed by atoms with van der Waals surface area (Å²) in [7, 11) is 0. The summed E-state index contributed by atoms with van der Waals surface area (Å²) in [5.41, 5.74) is 0.751. The van der Waals surface area contributed by atoms with Crippen molar-refractivity contribution in [2.45, 2.75) is 19.3 Å². The van der Waals surface area contributed by atoms with Crippen molar-refractivity contribution in [2.75, 3.05) is 11.9 Å². The van der Waals surface area contributed by atoms with Crippen LogP contribution in [-0.4, -0.2) is 11.5 Å². The Morgan fingerprint density at radius 2 is 2.31 bits per heavy atom. The van der Waals surface area contributed by atoms with Crippen molar-refractivity contribution in [2.24, 2.45) is 5.92 Å². The number of rotatable bonds is 3. The monoisotopic (exact) mass is 236 g/mol. The highest BCUT2D eigenvalue weighted by Gasteiger charge is 2.17. The van der Waals surface area contributed by atoms with Crippen molar-refractivity contribution in [1.82, 2.24) is 4.98 Å². The summed E-state index contributed by atoms with van der Waals surface area (Å²) < 4.78 is 14.0. The molecule has 0 atom stereocenters. The molecular formula is C12H13FN2S. The van der Waals surface area contributed by atoms with Gasteiger partial charge >= 0.3 is 0 Å². The van der Waals surface area contributed by atoms with E-state index in [1.165, 1.54) is 31.4 Å². The summed E-state index contributed by atoms with van der Waals surface area (Å²) in [5.74, 6) is 0.590. The second-order valence-corrected chi connectivity index (χ2v) is 5.34. The zero-order valence-electron chi connectivity index (χ0n) is 8.87. The fraction of sp³-hybridized carbons (Fsp3) is 0.417. The predicted octanol–water partition coefficient (Wildman–Crippen LogP) is 3.65. The summed E-state index contributed by atoms with van der Waals surface area (Å²) in [4.78, 5) is 4.37. The van der Waals surface area contributed by atoms with E-state index in [2.05, 4.69) is 10.3 Å². The fourth-order valence-electron chi connectivity index (χ4n) is 1.90. The van der Waals surface area contributed by atoms with Gasteiger partial charge < -0.3 is 5.32 Å². The number of benzene rings is 1. The first kappa shape index (κ1) is 10.0. The van der Waals surface area contributed by atoms with Crippen LogP contribution in [0.4, 0.5) is 9.52 Å². The molecule has 0 saturated heterocycles. The van der Waals surface area contributed by atoms with Crippen LogP contribution in [0.5, 0.6) is 0 Å². The average Bonchev–Trinajstić information content (AvgIpc) is 2.57. The van der Waals surface area contributed by atoms with Crippen LogP contribution in [0, 0.1) is 11.7 Å². The highest BCUT2D eigenvalue weighted by Crippen LogP contribution is 2.29. The molecule has 1 aromatic heterocycles. The number of thiazole rings is 1. The minimum Gasteiger partial charge on any atom is -0.361 e. The SMILES string of the molecule is Fc1ccc2sc(NCC3CCC3)nc2c1. The Hall–Kier alpha value is -1.16. The van der Waals surface area contributed by atoms with Crippen LogP contribution in [0.15, 0.2) is 18.2 Å².